The van der Waals surface area contributed by atoms with Crippen molar-refractivity contribution in [1.29, 1.82) is 0 Å². The second-order valence-electron chi connectivity index (χ2n) is 8.54. The van der Waals surface area contributed by atoms with Gasteiger partial charge in [0.15, 0.2) is 0 Å². The number of piperazine rings is 1. The lowest BCUT2D eigenvalue weighted by molar-refractivity contribution is -0.141. The third-order valence-electron chi connectivity index (χ3n) is 6.56. The van der Waals surface area contributed by atoms with E-state index in [9.17, 15) is 14.0 Å². The Morgan fingerprint density at radius 2 is 1.66 bits per heavy atom. The molecule has 2 saturated heterocycles. The number of hydrogen-bond acceptors (Lipinski definition) is 4. The summed E-state index contributed by atoms with van der Waals surface area (Å²) in [6, 6.07) is 8.06. The number of rotatable bonds is 4. The molecular weight excluding hydrogens is 411 g/mol. The number of aryl methyl sites for hydroxylation is 1. The van der Waals surface area contributed by atoms with Crippen LogP contribution in [0.2, 0.25) is 0 Å². The van der Waals surface area contributed by atoms with Gasteiger partial charge in [0.25, 0.3) is 5.91 Å². The molecule has 0 N–H and O–H groups in total. The molecular formula is C24H31FN4O3. The first-order valence-electron chi connectivity index (χ1n) is 11.2. The number of carbonyl (C=O) groups excluding carboxylic acids is 2. The highest BCUT2D eigenvalue weighted by Crippen LogP contribution is 2.23. The fourth-order valence-corrected chi connectivity index (χ4v) is 4.68. The van der Waals surface area contributed by atoms with Crippen molar-refractivity contribution in [1.82, 2.24) is 19.3 Å². The Morgan fingerprint density at radius 1 is 0.969 bits per heavy atom. The number of aromatic nitrogens is 1. The van der Waals surface area contributed by atoms with Gasteiger partial charge in [-0.15, -0.1) is 0 Å². The van der Waals surface area contributed by atoms with Crippen LogP contribution in [0.5, 0.6) is 0 Å². The van der Waals surface area contributed by atoms with E-state index in [-0.39, 0.29) is 23.7 Å². The zero-order valence-corrected chi connectivity index (χ0v) is 19.0. The minimum atomic E-state index is -0.306. The summed E-state index contributed by atoms with van der Waals surface area (Å²) >= 11 is 0. The zero-order chi connectivity index (χ0) is 22.8. The second kappa shape index (κ2) is 9.42. The van der Waals surface area contributed by atoms with E-state index in [1.54, 1.807) is 6.07 Å². The first kappa shape index (κ1) is 22.5. The normalized spacial score (nSPS) is 18.6. The first-order chi connectivity index (χ1) is 15.4. The van der Waals surface area contributed by atoms with Crippen LogP contribution >= 0.6 is 0 Å². The Bertz CT molecular complexity index is 991. The van der Waals surface area contributed by atoms with E-state index in [1.807, 2.05) is 47.3 Å². The van der Waals surface area contributed by atoms with Gasteiger partial charge in [0.05, 0.1) is 24.8 Å². The van der Waals surface area contributed by atoms with Crippen LogP contribution in [0.25, 0.3) is 5.69 Å². The van der Waals surface area contributed by atoms with E-state index in [0.29, 0.717) is 63.7 Å². The topological polar surface area (TPSA) is 58.0 Å². The van der Waals surface area contributed by atoms with Crippen molar-refractivity contribution in [3.8, 4) is 5.69 Å². The SMILES string of the molecule is Cc1cc(C(=O)N2CCN(C(C)C(=O)N3CCOCC3)CC2)c(C)n1-c1cccc(F)c1. The monoisotopic (exact) mass is 442 g/mol. The van der Waals surface area contributed by atoms with Gasteiger partial charge in [-0.05, 0) is 45.0 Å². The predicted octanol–water partition coefficient (Wildman–Crippen LogP) is 2.24. The number of halogens is 1. The maximum atomic E-state index is 13.7. The standard InChI is InChI=1S/C24H31FN4O3/c1-17-15-22(18(2)29(17)21-6-4-5-20(25)16-21)24(31)27-9-7-26(8-10-27)19(3)23(30)28-11-13-32-14-12-28/h4-6,15-16,19H,7-14H2,1-3H3. The molecule has 172 valence electrons. The molecule has 1 atom stereocenters. The summed E-state index contributed by atoms with van der Waals surface area (Å²) in [5, 5.41) is 0. The predicted molar refractivity (Wildman–Crippen MR) is 120 cm³/mol. The molecule has 2 amide bonds. The minimum absolute atomic E-state index is 0.0208. The Kier molecular flexibility index (Phi) is 6.62. The van der Waals surface area contributed by atoms with Crippen LogP contribution < -0.4 is 0 Å². The Morgan fingerprint density at radius 3 is 2.31 bits per heavy atom. The summed E-state index contributed by atoms with van der Waals surface area (Å²) < 4.78 is 21.0. The fourth-order valence-electron chi connectivity index (χ4n) is 4.68. The molecule has 2 aliphatic heterocycles. The largest absolute Gasteiger partial charge is 0.378 e. The van der Waals surface area contributed by atoms with Crippen LogP contribution in [0.4, 0.5) is 4.39 Å². The highest BCUT2D eigenvalue weighted by atomic mass is 19.1. The van der Waals surface area contributed by atoms with E-state index >= 15 is 0 Å². The number of amides is 2. The van der Waals surface area contributed by atoms with Gasteiger partial charge >= 0.3 is 0 Å². The maximum absolute atomic E-state index is 13.7. The number of nitrogens with zero attached hydrogens (tertiary/aromatic N) is 4. The fraction of sp³-hybridized carbons (Fsp3) is 0.500. The third kappa shape index (κ3) is 4.42. The van der Waals surface area contributed by atoms with Gasteiger partial charge in [-0.25, -0.2) is 4.39 Å². The number of carbonyl (C=O) groups is 2. The number of hydrogen-bond donors (Lipinski definition) is 0. The molecule has 8 heteroatoms. The highest BCUT2D eigenvalue weighted by molar-refractivity contribution is 5.96. The van der Waals surface area contributed by atoms with Crippen molar-refractivity contribution in [2.24, 2.45) is 0 Å². The van der Waals surface area contributed by atoms with Crippen molar-refractivity contribution < 1.29 is 18.7 Å². The van der Waals surface area contributed by atoms with Crippen LogP contribution in [0.3, 0.4) is 0 Å². The Labute approximate surface area is 188 Å². The van der Waals surface area contributed by atoms with Crippen LogP contribution in [-0.4, -0.2) is 89.6 Å². The molecule has 0 spiro atoms. The quantitative estimate of drug-likeness (QED) is 0.729. The van der Waals surface area contributed by atoms with Gasteiger partial charge in [0.2, 0.25) is 5.91 Å². The minimum Gasteiger partial charge on any atom is -0.378 e. The first-order valence-corrected chi connectivity index (χ1v) is 11.2. The van der Waals surface area contributed by atoms with Crippen molar-refractivity contribution in [2.75, 3.05) is 52.5 Å². The average molecular weight is 443 g/mol. The van der Waals surface area contributed by atoms with E-state index in [1.165, 1.54) is 12.1 Å². The molecule has 1 aromatic heterocycles. The van der Waals surface area contributed by atoms with Crippen molar-refractivity contribution in [2.45, 2.75) is 26.8 Å². The lowest BCUT2D eigenvalue weighted by Crippen LogP contribution is -2.56. The van der Waals surface area contributed by atoms with Crippen LogP contribution in [-0.2, 0) is 9.53 Å². The summed E-state index contributed by atoms with van der Waals surface area (Å²) in [4.78, 5) is 31.9. The molecule has 0 bridgehead atoms. The highest BCUT2D eigenvalue weighted by Gasteiger charge is 2.31. The maximum Gasteiger partial charge on any atom is 0.255 e. The number of morpholine rings is 1. The van der Waals surface area contributed by atoms with Gasteiger partial charge in [-0.1, -0.05) is 6.07 Å². The molecule has 0 saturated carbocycles. The van der Waals surface area contributed by atoms with E-state index in [4.69, 9.17) is 4.74 Å². The molecule has 0 radical (unpaired) electrons. The smallest absolute Gasteiger partial charge is 0.255 e. The molecule has 2 aliphatic rings. The summed E-state index contributed by atoms with van der Waals surface area (Å²) in [7, 11) is 0. The average Bonchev–Trinajstić information content (AvgIpc) is 3.12. The molecule has 2 aromatic rings. The van der Waals surface area contributed by atoms with Gasteiger partial charge in [-0.3, -0.25) is 14.5 Å². The van der Waals surface area contributed by atoms with Crippen molar-refractivity contribution in [3.05, 3.63) is 53.1 Å². The van der Waals surface area contributed by atoms with E-state index < -0.39 is 0 Å². The van der Waals surface area contributed by atoms with Crippen LogP contribution in [0.15, 0.2) is 30.3 Å². The molecule has 3 heterocycles. The van der Waals surface area contributed by atoms with Gasteiger partial charge in [-0.2, -0.15) is 0 Å². The van der Waals surface area contributed by atoms with Crippen LogP contribution in [0, 0.1) is 19.7 Å². The van der Waals surface area contributed by atoms with Gasteiger partial charge < -0.3 is 19.1 Å². The van der Waals surface area contributed by atoms with Crippen LogP contribution in [0.1, 0.15) is 28.7 Å². The molecule has 1 aromatic carbocycles. The molecule has 0 aliphatic carbocycles. The lowest BCUT2D eigenvalue weighted by atomic mass is 10.1. The summed E-state index contributed by atoms with van der Waals surface area (Å²) in [5.41, 5.74) is 3.04. The molecule has 1 unspecified atom stereocenters. The summed E-state index contributed by atoms with van der Waals surface area (Å²) in [5.74, 6) is -0.195. The van der Waals surface area contributed by atoms with Gasteiger partial charge in [0, 0.05) is 56.3 Å². The summed E-state index contributed by atoms with van der Waals surface area (Å²) in [6.07, 6.45) is 0. The zero-order valence-electron chi connectivity index (χ0n) is 19.0. The van der Waals surface area contributed by atoms with Crippen molar-refractivity contribution in [3.63, 3.8) is 0 Å². The molecule has 7 nitrogen and oxygen atoms in total. The van der Waals surface area contributed by atoms with Crippen molar-refractivity contribution >= 4 is 11.8 Å². The summed E-state index contributed by atoms with van der Waals surface area (Å²) in [6.45, 7) is 10.7. The lowest BCUT2D eigenvalue weighted by Gasteiger charge is -2.39. The number of ether oxygens (including phenoxy) is 1. The number of benzene rings is 1. The van der Waals surface area contributed by atoms with E-state index in [2.05, 4.69) is 4.90 Å². The Hall–Kier alpha value is -2.71. The Balaban J connectivity index is 1.41. The second-order valence-corrected chi connectivity index (χ2v) is 8.54. The molecule has 32 heavy (non-hydrogen) atoms. The molecule has 4 rings (SSSR count). The third-order valence-corrected chi connectivity index (χ3v) is 6.56. The molecule has 2 fully saturated rings. The van der Waals surface area contributed by atoms with E-state index in [0.717, 1.165) is 11.4 Å². The van der Waals surface area contributed by atoms with Gasteiger partial charge in [0.1, 0.15) is 5.82 Å².